The van der Waals surface area contributed by atoms with Gasteiger partial charge in [-0.3, -0.25) is 13.9 Å². The van der Waals surface area contributed by atoms with Crippen LogP contribution in [0.4, 0.5) is 0 Å². The molecule has 3 aromatic rings. The molecule has 3 rings (SSSR count). The van der Waals surface area contributed by atoms with E-state index in [1.165, 1.54) is 15.3 Å². The third-order valence-corrected chi connectivity index (χ3v) is 4.41. The first kappa shape index (κ1) is 13.8. The Hall–Kier alpha value is -2.18. The molecule has 5 nitrogen and oxygen atoms in total. The summed E-state index contributed by atoms with van der Waals surface area (Å²) in [5.74, 6) is 0. The first-order chi connectivity index (χ1) is 10.2. The minimum atomic E-state index is -0.316. The maximum absolute atomic E-state index is 12.3. The third-order valence-electron chi connectivity index (χ3n) is 3.39. The van der Waals surface area contributed by atoms with Gasteiger partial charge < -0.3 is 5.73 Å². The van der Waals surface area contributed by atoms with Crippen LogP contribution >= 0.6 is 11.3 Å². The zero-order valence-corrected chi connectivity index (χ0v) is 12.2. The highest BCUT2D eigenvalue weighted by molar-refractivity contribution is 7.17. The quantitative estimate of drug-likeness (QED) is 0.788. The summed E-state index contributed by atoms with van der Waals surface area (Å²) in [5, 5.41) is 3.20. The van der Waals surface area contributed by atoms with Crippen molar-refractivity contribution in [1.82, 2.24) is 9.13 Å². The highest BCUT2D eigenvalue weighted by atomic mass is 32.1. The summed E-state index contributed by atoms with van der Waals surface area (Å²) in [6.45, 7) is 0.955. The molecule has 2 aromatic heterocycles. The summed E-state index contributed by atoms with van der Waals surface area (Å²) in [6.07, 6.45) is 1.55. The van der Waals surface area contributed by atoms with E-state index >= 15 is 0 Å². The Bertz CT molecular complexity index is 892. The van der Waals surface area contributed by atoms with Gasteiger partial charge in [0.2, 0.25) is 0 Å². The maximum atomic E-state index is 12.3. The smallest absolute Gasteiger partial charge is 0.329 e. The zero-order valence-electron chi connectivity index (χ0n) is 11.4. The molecule has 0 fully saturated rings. The summed E-state index contributed by atoms with van der Waals surface area (Å²) < 4.78 is 3.91. The molecule has 108 valence electrons. The zero-order chi connectivity index (χ0) is 14.8. The number of thiophene rings is 1. The van der Waals surface area contributed by atoms with Gasteiger partial charge in [-0.25, -0.2) is 4.79 Å². The van der Waals surface area contributed by atoms with Crippen molar-refractivity contribution in [2.24, 2.45) is 5.73 Å². The van der Waals surface area contributed by atoms with Crippen molar-refractivity contribution < 1.29 is 0 Å². The van der Waals surface area contributed by atoms with Crippen molar-refractivity contribution in [3.63, 3.8) is 0 Å². The Kier molecular flexibility index (Phi) is 3.72. The van der Waals surface area contributed by atoms with Gasteiger partial charge in [-0.05, 0) is 22.4 Å². The molecular formula is C15H15N3O2S. The van der Waals surface area contributed by atoms with Gasteiger partial charge in [0, 0.05) is 30.1 Å². The minimum absolute atomic E-state index is 0.239. The molecule has 0 aliphatic rings. The first-order valence-electron chi connectivity index (χ1n) is 6.66. The van der Waals surface area contributed by atoms with Gasteiger partial charge in [-0.15, -0.1) is 11.3 Å². The van der Waals surface area contributed by atoms with Gasteiger partial charge >= 0.3 is 5.69 Å². The summed E-state index contributed by atoms with van der Waals surface area (Å²) in [6, 6.07) is 9.49. The van der Waals surface area contributed by atoms with Gasteiger partial charge in [0.1, 0.15) is 0 Å². The largest absolute Gasteiger partial charge is 0.331 e. The van der Waals surface area contributed by atoms with E-state index in [4.69, 9.17) is 5.73 Å². The average Bonchev–Trinajstić information content (AvgIpc) is 2.90. The van der Waals surface area contributed by atoms with Crippen LogP contribution in [0, 0.1) is 0 Å². The van der Waals surface area contributed by atoms with E-state index in [2.05, 4.69) is 11.4 Å². The molecule has 0 saturated heterocycles. The predicted molar refractivity (Wildman–Crippen MR) is 84.9 cm³/mol. The first-order valence-corrected chi connectivity index (χ1v) is 7.54. The van der Waals surface area contributed by atoms with E-state index in [0.29, 0.717) is 6.54 Å². The minimum Gasteiger partial charge on any atom is -0.329 e. The molecule has 0 aliphatic heterocycles. The van der Waals surface area contributed by atoms with Crippen molar-refractivity contribution in [3.8, 4) is 0 Å². The number of nitrogens with two attached hydrogens (primary N) is 1. The number of rotatable bonds is 4. The van der Waals surface area contributed by atoms with Gasteiger partial charge in [-0.1, -0.05) is 18.2 Å². The van der Waals surface area contributed by atoms with Crippen LogP contribution in [-0.2, 0) is 13.1 Å². The molecular weight excluding hydrogens is 286 g/mol. The Balaban J connectivity index is 2.04. The lowest BCUT2D eigenvalue weighted by molar-refractivity contribution is 0.580. The molecule has 6 heteroatoms. The molecule has 0 saturated carbocycles. The third kappa shape index (κ3) is 2.55. The van der Waals surface area contributed by atoms with Crippen LogP contribution in [0.25, 0.3) is 10.1 Å². The molecule has 2 heterocycles. The molecule has 0 bridgehead atoms. The van der Waals surface area contributed by atoms with Crippen molar-refractivity contribution in [1.29, 1.82) is 0 Å². The second-order valence-electron chi connectivity index (χ2n) is 4.76. The molecule has 0 aliphatic carbocycles. The second kappa shape index (κ2) is 5.67. The lowest BCUT2D eigenvalue weighted by Gasteiger charge is -2.08. The number of hydrogen-bond donors (Lipinski definition) is 1. The molecule has 0 amide bonds. The predicted octanol–water partition coefficient (Wildman–Crippen LogP) is 1.23. The maximum Gasteiger partial charge on any atom is 0.331 e. The monoisotopic (exact) mass is 301 g/mol. The molecule has 1 aromatic carbocycles. The van der Waals surface area contributed by atoms with Crippen molar-refractivity contribution in [3.05, 3.63) is 68.3 Å². The summed E-state index contributed by atoms with van der Waals surface area (Å²) >= 11 is 1.65. The van der Waals surface area contributed by atoms with Crippen LogP contribution in [0.3, 0.4) is 0 Å². The lowest BCUT2D eigenvalue weighted by Crippen LogP contribution is -2.40. The van der Waals surface area contributed by atoms with Gasteiger partial charge in [0.15, 0.2) is 0 Å². The van der Waals surface area contributed by atoms with Crippen LogP contribution in [0.1, 0.15) is 5.56 Å². The number of fused-ring (bicyclic) bond motifs is 1. The summed E-state index contributed by atoms with van der Waals surface area (Å²) in [5.41, 5.74) is 5.91. The van der Waals surface area contributed by atoms with Crippen molar-refractivity contribution in [2.45, 2.75) is 13.1 Å². The Morgan fingerprint density at radius 2 is 1.95 bits per heavy atom. The van der Waals surface area contributed by atoms with Crippen LogP contribution in [0.2, 0.25) is 0 Å². The van der Waals surface area contributed by atoms with Gasteiger partial charge in [-0.2, -0.15) is 0 Å². The molecule has 0 radical (unpaired) electrons. The Morgan fingerprint density at radius 3 is 2.76 bits per heavy atom. The molecule has 2 N–H and O–H groups in total. The van der Waals surface area contributed by atoms with Gasteiger partial charge in [0.25, 0.3) is 5.56 Å². The summed E-state index contributed by atoms with van der Waals surface area (Å²) in [4.78, 5) is 24.0. The molecule has 0 spiro atoms. The SMILES string of the molecule is NCCn1c(=O)ccn(Cc2csc3ccccc23)c1=O. The molecule has 21 heavy (non-hydrogen) atoms. The van der Waals surface area contributed by atoms with Crippen molar-refractivity contribution >= 4 is 21.4 Å². The van der Waals surface area contributed by atoms with Crippen LogP contribution in [0.15, 0.2) is 51.5 Å². The number of hydrogen-bond acceptors (Lipinski definition) is 4. The van der Waals surface area contributed by atoms with Gasteiger partial charge in [0.05, 0.1) is 6.54 Å². The van der Waals surface area contributed by atoms with E-state index in [1.807, 2.05) is 18.2 Å². The van der Waals surface area contributed by atoms with E-state index in [-0.39, 0.29) is 24.3 Å². The Labute approximate surface area is 124 Å². The number of nitrogens with zero attached hydrogens (tertiary/aromatic N) is 2. The second-order valence-corrected chi connectivity index (χ2v) is 5.67. The van der Waals surface area contributed by atoms with Crippen LogP contribution < -0.4 is 17.0 Å². The van der Waals surface area contributed by atoms with Crippen molar-refractivity contribution in [2.75, 3.05) is 6.54 Å². The van der Waals surface area contributed by atoms with E-state index in [9.17, 15) is 9.59 Å². The standard InChI is InChI=1S/C15H15N3O2S/c16-6-8-18-14(19)5-7-17(15(18)20)9-11-10-21-13-4-2-1-3-12(11)13/h1-5,7,10H,6,8-9,16H2. The number of benzene rings is 1. The van der Waals surface area contributed by atoms with Crippen LogP contribution in [0.5, 0.6) is 0 Å². The fourth-order valence-electron chi connectivity index (χ4n) is 2.35. The average molecular weight is 301 g/mol. The highest BCUT2D eigenvalue weighted by Crippen LogP contribution is 2.25. The number of aromatic nitrogens is 2. The Morgan fingerprint density at radius 1 is 1.14 bits per heavy atom. The highest BCUT2D eigenvalue weighted by Gasteiger charge is 2.08. The lowest BCUT2D eigenvalue weighted by atomic mass is 10.2. The fraction of sp³-hybridized carbons (Fsp3) is 0.200. The van der Waals surface area contributed by atoms with E-state index in [1.54, 1.807) is 22.1 Å². The summed E-state index contributed by atoms with van der Waals surface area (Å²) in [7, 11) is 0. The topological polar surface area (TPSA) is 70.0 Å². The molecule has 0 atom stereocenters. The normalized spacial score (nSPS) is 11.1. The van der Waals surface area contributed by atoms with E-state index in [0.717, 1.165) is 10.9 Å². The molecule has 0 unspecified atom stereocenters. The van der Waals surface area contributed by atoms with Crippen LogP contribution in [-0.4, -0.2) is 15.7 Å². The fourth-order valence-corrected chi connectivity index (χ4v) is 3.30. The van der Waals surface area contributed by atoms with E-state index < -0.39 is 0 Å².